The number of hydrogen-bond donors (Lipinski definition) is 1. The van der Waals surface area contributed by atoms with E-state index in [0.717, 1.165) is 32.5 Å². The zero-order chi connectivity index (χ0) is 18.3. The highest BCUT2D eigenvalue weighted by Crippen LogP contribution is 2.29. The van der Waals surface area contributed by atoms with E-state index in [9.17, 15) is 8.42 Å². The third-order valence-corrected chi connectivity index (χ3v) is 5.76. The molecule has 0 aliphatic heterocycles. The van der Waals surface area contributed by atoms with Crippen molar-refractivity contribution in [1.82, 2.24) is 14.6 Å². The number of imidazole rings is 1. The molecule has 4 aromatic rings. The van der Waals surface area contributed by atoms with Gasteiger partial charge in [-0.1, -0.05) is 23.5 Å². The molecule has 9 heteroatoms. The Morgan fingerprint density at radius 2 is 1.69 bits per heavy atom. The summed E-state index contributed by atoms with van der Waals surface area (Å²) in [5, 5.41) is 10.4. The Kier molecular flexibility index (Phi) is 3.98. The Balaban J connectivity index is 1.65. The van der Waals surface area contributed by atoms with Gasteiger partial charge in [0, 0.05) is 11.1 Å². The van der Waals surface area contributed by atoms with Gasteiger partial charge in [-0.25, -0.2) is 23.1 Å². The first-order valence-electron chi connectivity index (χ1n) is 7.58. The summed E-state index contributed by atoms with van der Waals surface area (Å²) in [7, 11) is -2.07. The number of nitrogens with two attached hydrogens (primary N) is 1. The number of rotatable bonds is 4. The highest BCUT2D eigenvalue weighted by molar-refractivity contribution is 7.89. The molecule has 0 fully saturated rings. The van der Waals surface area contributed by atoms with Crippen LogP contribution >= 0.6 is 11.3 Å². The van der Waals surface area contributed by atoms with E-state index in [0.29, 0.717) is 0 Å². The lowest BCUT2D eigenvalue weighted by Crippen LogP contribution is -2.11. The van der Waals surface area contributed by atoms with Gasteiger partial charge < -0.3 is 4.74 Å². The van der Waals surface area contributed by atoms with E-state index in [2.05, 4.69) is 10.1 Å². The normalized spacial score (nSPS) is 11.8. The molecule has 2 aromatic carbocycles. The van der Waals surface area contributed by atoms with Crippen molar-refractivity contribution in [2.45, 2.75) is 4.90 Å². The summed E-state index contributed by atoms with van der Waals surface area (Å²) in [6.45, 7) is 0. The quantitative estimate of drug-likeness (QED) is 0.581. The van der Waals surface area contributed by atoms with Crippen molar-refractivity contribution in [3.05, 3.63) is 54.7 Å². The van der Waals surface area contributed by atoms with Gasteiger partial charge in [0.15, 0.2) is 0 Å². The third kappa shape index (κ3) is 3.07. The molecular weight excluding hydrogens is 372 g/mol. The SMILES string of the molecule is COc1ccc(-c2cn3nc(-c4ccc(S(N)(=O)=O)cc4)sc3n2)cc1. The number of fused-ring (bicyclic) bond motifs is 1. The number of primary sulfonamides is 1. The van der Waals surface area contributed by atoms with Crippen LogP contribution in [0.3, 0.4) is 0 Å². The van der Waals surface area contributed by atoms with E-state index < -0.39 is 10.0 Å². The topological polar surface area (TPSA) is 99.6 Å². The lowest BCUT2D eigenvalue weighted by Gasteiger charge is -2.00. The highest BCUT2D eigenvalue weighted by Gasteiger charge is 2.13. The van der Waals surface area contributed by atoms with Gasteiger partial charge in [0.1, 0.15) is 10.8 Å². The predicted molar refractivity (Wildman–Crippen MR) is 99.7 cm³/mol. The molecule has 0 unspecified atom stereocenters. The Hall–Kier alpha value is -2.75. The van der Waals surface area contributed by atoms with Crippen molar-refractivity contribution in [2.75, 3.05) is 7.11 Å². The maximum atomic E-state index is 11.3. The predicted octanol–water partition coefficient (Wildman–Crippen LogP) is 2.78. The van der Waals surface area contributed by atoms with Crippen LogP contribution in [0, 0.1) is 0 Å². The zero-order valence-electron chi connectivity index (χ0n) is 13.7. The standard InChI is InChI=1S/C17H14N4O3S2/c1-24-13-6-2-11(3-7-13)15-10-21-17(19-15)25-16(20-21)12-4-8-14(9-5-12)26(18,22)23/h2-10H,1H3,(H2,18,22,23). The smallest absolute Gasteiger partial charge is 0.238 e. The first-order chi connectivity index (χ1) is 12.4. The van der Waals surface area contributed by atoms with Crippen molar-refractivity contribution in [2.24, 2.45) is 5.14 Å². The second kappa shape index (κ2) is 6.20. The van der Waals surface area contributed by atoms with Crippen LogP contribution in [0.1, 0.15) is 0 Å². The minimum absolute atomic E-state index is 0.0735. The van der Waals surface area contributed by atoms with Gasteiger partial charge in [0.25, 0.3) is 0 Å². The average Bonchev–Trinajstić information content (AvgIpc) is 3.20. The fourth-order valence-corrected chi connectivity index (χ4v) is 3.91. The number of benzene rings is 2. The van der Waals surface area contributed by atoms with Crippen LogP contribution in [-0.4, -0.2) is 30.1 Å². The average molecular weight is 386 g/mol. The third-order valence-electron chi connectivity index (χ3n) is 3.86. The fraction of sp³-hybridized carbons (Fsp3) is 0.0588. The molecule has 0 saturated carbocycles. The van der Waals surface area contributed by atoms with Crippen LogP contribution < -0.4 is 9.88 Å². The van der Waals surface area contributed by atoms with Crippen LogP contribution in [0.2, 0.25) is 0 Å². The van der Waals surface area contributed by atoms with E-state index in [-0.39, 0.29) is 4.90 Å². The van der Waals surface area contributed by atoms with E-state index >= 15 is 0 Å². The van der Waals surface area contributed by atoms with Gasteiger partial charge in [-0.15, -0.1) is 0 Å². The molecule has 132 valence electrons. The molecule has 0 aliphatic carbocycles. The summed E-state index contributed by atoms with van der Waals surface area (Å²) in [6.07, 6.45) is 1.86. The number of methoxy groups -OCH3 is 1. The molecule has 2 N–H and O–H groups in total. The van der Waals surface area contributed by atoms with Gasteiger partial charge in [0.05, 0.1) is 23.9 Å². The van der Waals surface area contributed by atoms with Gasteiger partial charge in [-0.05, 0) is 36.4 Å². The molecule has 0 saturated heterocycles. The number of hydrogen-bond acceptors (Lipinski definition) is 6. The molecular formula is C17H14N4O3S2. The van der Waals surface area contributed by atoms with Crippen LogP contribution in [0.4, 0.5) is 0 Å². The van der Waals surface area contributed by atoms with Gasteiger partial charge in [0.2, 0.25) is 15.0 Å². The van der Waals surface area contributed by atoms with E-state index in [1.54, 1.807) is 23.8 Å². The zero-order valence-corrected chi connectivity index (χ0v) is 15.3. The lowest BCUT2D eigenvalue weighted by atomic mass is 10.2. The van der Waals surface area contributed by atoms with Crippen molar-refractivity contribution in [3.63, 3.8) is 0 Å². The van der Waals surface area contributed by atoms with Crippen LogP contribution in [0.5, 0.6) is 5.75 Å². The number of nitrogens with zero attached hydrogens (tertiary/aromatic N) is 3. The van der Waals surface area contributed by atoms with Crippen molar-refractivity contribution >= 4 is 26.3 Å². The molecule has 2 aromatic heterocycles. The molecule has 26 heavy (non-hydrogen) atoms. The summed E-state index contributed by atoms with van der Waals surface area (Å²) in [6, 6.07) is 14.0. The summed E-state index contributed by atoms with van der Waals surface area (Å²) in [5.74, 6) is 0.790. The Bertz CT molecular complexity index is 1150. The van der Waals surface area contributed by atoms with E-state index in [1.165, 1.54) is 23.5 Å². The lowest BCUT2D eigenvalue weighted by molar-refractivity contribution is 0.415. The van der Waals surface area contributed by atoms with Gasteiger partial charge in [-0.2, -0.15) is 5.10 Å². The van der Waals surface area contributed by atoms with Crippen molar-refractivity contribution in [3.8, 4) is 27.6 Å². The fourth-order valence-electron chi connectivity index (χ4n) is 2.50. The van der Waals surface area contributed by atoms with Crippen molar-refractivity contribution in [1.29, 1.82) is 0 Å². The number of aromatic nitrogens is 3. The van der Waals surface area contributed by atoms with Crippen LogP contribution in [-0.2, 0) is 10.0 Å². The molecule has 0 atom stereocenters. The first-order valence-corrected chi connectivity index (χ1v) is 9.94. The molecule has 0 spiro atoms. The molecule has 0 aliphatic rings. The van der Waals surface area contributed by atoms with E-state index in [4.69, 9.17) is 9.88 Å². The van der Waals surface area contributed by atoms with E-state index in [1.807, 2.05) is 30.5 Å². The molecule has 0 radical (unpaired) electrons. The maximum absolute atomic E-state index is 11.3. The molecule has 2 heterocycles. The maximum Gasteiger partial charge on any atom is 0.238 e. The van der Waals surface area contributed by atoms with Gasteiger partial charge >= 0.3 is 0 Å². The second-order valence-electron chi connectivity index (χ2n) is 5.56. The Labute approximate surface area is 153 Å². The second-order valence-corrected chi connectivity index (χ2v) is 8.08. The number of sulfonamides is 1. The van der Waals surface area contributed by atoms with Gasteiger partial charge in [-0.3, -0.25) is 0 Å². The number of ether oxygens (including phenoxy) is 1. The summed E-state index contributed by atoms with van der Waals surface area (Å²) < 4.78 is 29.5. The summed E-state index contributed by atoms with van der Waals surface area (Å²) in [5.41, 5.74) is 2.60. The minimum Gasteiger partial charge on any atom is -0.497 e. The first kappa shape index (κ1) is 16.7. The van der Waals surface area contributed by atoms with Crippen molar-refractivity contribution < 1.29 is 13.2 Å². The molecule has 0 amide bonds. The highest BCUT2D eigenvalue weighted by atomic mass is 32.2. The monoisotopic (exact) mass is 386 g/mol. The summed E-state index contributed by atoms with van der Waals surface area (Å²) >= 11 is 1.42. The largest absolute Gasteiger partial charge is 0.497 e. The Morgan fingerprint density at radius 1 is 1.04 bits per heavy atom. The van der Waals surface area contributed by atoms with Crippen LogP contribution in [0.25, 0.3) is 26.8 Å². The van der Waals surface area contributed by atoms with Crippen LogP contribution in [0.15, 0.2) is 59.6 Å². The summed E-state index contributed by atoms with van der Waals surface area (Å²) in [4.78, 5) is 5.43. The Morgan fingerprint density at radius 3 is 2.27 bits per heavy atom. The molecule has 4 rings (SSSR count). The molecule has 0 bridgehead atoms. The molecule has 7 nitrogen and oxygen atoms in total. The minimum atomic E-state index is -3.70.